The molecule has 1 atom stereocenters. The van der Waals surface area contributed by atoms with Crippen LogP contribution in [0, 0.1) is 5.92 Å². The quantitative estimate of drug-likeness (QED) is 0.538. The zero-order valence-corrected chi connectivity index (χ0v) is 13.4. The molecule has 0 aliphatic heterocycles. The second-order valence-electron chi connectivity index (χ2n) is 5.94. The van der Waals surface area contributed by atoms with Crippen molar-refractivity contribution < 1.29 is 0 Å². The molecular formula is C20H17Br. The van der Waals surface area contributed by atoms with Crippen molar-refractivity contribution in [2.45, 2.75) is 18.8 Å². The number of halogens is 1. The van der Waals surface area contributed by atoms with Crippen LogP contribution in [0.5, 0.6) is 0 Å². The summed E-state index contributed by atoms with van der Waals surface area (Å²) >= 11 is 3.74. The molecule has 0 bridgehead atoms. The van der Waals surface area contributed by atoms with Gasteiger partial charge in [0.05, 0.1) is 0 Å². The second-order valence-corrected chi connectivity index (χ2v) is 6.80. The zero-order valence-electron chi connectivity index (χ0n) is 11.8. The molecule has 0 amide bonds. The summed E-state index contributed by atoms with van der Waals surface area (Å²) in [6.45, 7) is 0. The highest BCUT2D eigenvalue weighted by Gasteiger charge is 2.34. The van der Waals surface area contributed by atoms with Crippen LogP contribution in [0.25, 0.3) is 10.8 Å². The van der Waals surface area contributed by atoms with E-state index in [9.17, 15) is 0 Å². The van der Waals surface area contributed by atoms with Gasteiger partial charge in [0, 0.05) is 10.4 Å². The molecule has 4 rings (SSSR count). The predicted molar refractivity (Wildman–Crippen MR) is 92.7 cm³/mol. The van der Waals surface area contributed by atoms with E-state index >= 15 is 0 Å². The van der Waals surface area contributed by atoms with Gasteiger partial charge in [-0.1, -0.05) is 76.6 Å². The van der Waals surface area contributed by atoms with Gasteiger partial charge < -0.3 is 0 Å². The summed E-state index contributed by atoms with van der Waals surface area (Å²) in [7, 11) is 0. The summed E-state index contributed by atoms with van der Waals surface area (Å²) in [5.74, 6) is 1.31. The van der Waals surface area contributed by atoms with Gasteiger partial charge in [-0.25, -0.2) is 0 Å². The minimum absolute atomic E-state index is 0.519. The molecule has 0 heterocycles. The Balaban J connectivity index is 1.84. The van der Waals surface area contributed by atoms with E-state index in [2.05, 4.69) is 82.7 Å². The highest BCUT2D eigenvalue weighted by atomic mass is 79.9. The lowest BCUT2D eigenvalue weighted by Gasteiger charge is -2.19. The average molecular weight is 337 g/mol. The van der Waals surface area contributed by atoms with Gasteiger partial charge in [0.1, 0.15) is 0 Å². The van der Waals surface area contributed by atoms with E-state index in [-0.39, 0.29) is 0 Å². The molecule has 3 aromatic rings. The van der Waals surface area contributed by atoms with Crippen molar-refractivity contribution >= 4 is 26.7 Å². The normalized spacial score (nSPS) is 16.0. The van der Waals surface area contributed by atoms with Crippen LogP contribution >= 0.6 is 15.9 Å². The zero-order chi connectivity index (χ0) is 14.2. The lowest BCUT2D eigenvalue weighted by Crippen LogP contribution is -2.04. The molecular weight excluding hydrogens is 320 g/mol. The summed E-state index contributed by atoms with van der Waals surface area (Å²) in [4.78, 5) is 0. The second kappa shape index (κ2) is 5.31. The summed E-state index contributed by atoms with van der Waals surface area (Å²) in [6, 6.07) is 24.2. The van der Waals surface area contributed by atoms with Crippen LogP contribution in [0.15, 0.2) is 71.2 Å². The molecule has 0 aromatic heterocycles. The molecule has 0 spiro atoms. The molecule has 1 fully saturated rings. The van der Waals surface area contributed by atoms with Gasteiger partial charge in [0.25, 0.3) is 0 Å². The molecule has 0 nitrogen and oxygen atoms in total. The Hall–Kier alpha value is -1.60. The first-order valence-corrected chi connectivity index (χ1v) is 8.35. The van der Waals surface area contributed by atoms with E-state index < -0.39 is 0 Å². The highest BCUT2D eigenvalue weighted by molar-refractivity contribution is 9.10. The first kappa shape index (κ1) is 13.1. The van der Waals surface area contributed by atoms with Gasteiger partial charge >= 0.3 is 0 Å². The highest BCUT2D eigenvalue weighted by Crippen LogP contribution is 2.48. The summed E-state index contributed by atoms with van der Waals surface area (Å²) in [6.07, 6.45) is 2.69. The molecule has 1 saturated carbocycles. The van der Waals surface area contributed by atoms with E-state index in [0.29, 0.717) is 5.92 Å². The average Bonchev–Trinajstić information content (AvgIpc) is 3.34. The fourth-order valence-corrected chi connectivity index (χ4v) is 3.80. The predicted octanol–water partition coefficient (Wildman–Crippen LogP) is 6.14. The van der Waals surface area contributed by atoms with E-state index in [4.69, 9.17) is 0 Å². The molecule has 1 aliphatic rings. The smallest absolute Gasteiger partial charge is 0.0213 e. The Morgan fingerprint density at radius 2 is 1.52 bits per heavy atom. The van der Waals surface area contributed by atoms with Gasteiger partial charge in [0.15, 0.2) is 0 Å². The molecule has 21 heavy (non-hydrogen) atoms. The maximum atomic E-state index is 3.74. The number of rotatable bonds is 3. The number of fused-ring (bicyclic) bond motifs is 1. The monoisotopic (exact) mass is 336 g/mol. The minimum atomic E-state index is 0.519. The third-order valence-electron chi connectivity index (χ3n) is 4.47. The van der Waals surface area contributed by atoms with Crippen LogP contribution in [-0.2, 0) is 0 Å². The maximum absolute atomic E-state index is 3.74. The van der Waals surface area contributed by atoms with Gasteiger partial charge in [-0.15, -0.1) is 0 Å². The summed E-state index contributed by atoms with van der Waals surface area (Å²) in [5, 5.41) is 2.66. The van der Waals surface area contributed by atoms with Gasteiger partial charge in [-0.3, -0.25) is 0 Å². The molecule has 1 aliphatic carbocycles. The van der Waals surface area contributed by atoms with E-state index in [0.717, 1.165) is 5.92 Å². The van der Waals surface area contributed by atoms with Crippen LogP contribution < -0.4 is 0 Å². The van der Waals surface area contributed by atoms with Crippen molar-refractivity contribution in [1.82, 2.24) is 0 Å². The molecule has 104 valence electrons. The molecule has 0 saturated heterocycles. The van der Waals surface area contributed by atoms with Crippen LogP contribution in [0.3, 0.4) is 0 Å². The molecule has 1 heteroatoms. The Morgan fingerprint density at radius 3 is 2.29 bits per heavy atom. The third-order valence-corrected chi connectivity index (χ3v) is 5.19. The van der Waals surface area contributed by atoms with Crippen molar-refractivity contribution in [2.75, 3.05) is 0 Å². The molecule has 0 radical (unpaired) electrons. The van der Waals surface area contributed by atoms with Crippen molar-refractivity contribution in [3.63, 3.8) is 0 Å². The van der Waals surface area contributed by atoms with Gasteiger partial charge in [-0.05, 0) is 46.7 Å². The number of benzene rings is 3. The Bertz CT molecular complexity index is 786. The van der Waals surface area contributed by atoms with Crippen LogP contribution in [0.2, 0.25) is 0 Å². The number of hydrogen-bond acceptors (Lipinski definition) is 0. The number of hydrogen-bond donors (Lipinski definition) is 0. The lowest BCUT2D eigenvalue weighted by atomic mass is 9.86. The largest absolute Gasteiger partial charge is 0.0619 e. The van der Waals surface area contributed by atoms with Crippen molar-refractivity contribution in [3.8, 4) is 0 Å². The topological polar surface area (TPSA) is 0 Å². The van der Waals surface area contributed by atoms with Gasteiger partial charge in [-0.2, -0.15) is 0 Å². The molecule has 3 aromatic carbocycles. The van der Waals surface area contributed by atoms with E-state index in [1.165, 1.54) is 39.2 Å². The molecule has 1 unspecified atom stereocenters. The minimum Gasteiger partial charge on any atom is -0.0619 e. The Labute approximate surface area is 133 Å². The Morgan fingerprint density at radius 1 is 0.810 bits per heavy atom. The Kier molecular flexibility index (Phi) is 3.31. The van der Waals surface area contributed by atoms with Crippen LogP contribution in [0.1, 0.15) is 29.9 Å². The standard InChI is InChI=1S/C20H17Br/c21-19-8-4-3-7-18(19)20(15-10-11-15)17-12-9-14-5-1-2-6-16(14)13-17/h1-9,12-13,15,20H,10-11H2. The summed E-state index contributed by atoms with van der Waals surface area (Å²) in [5.41, 5.74) is 2.87. The van der Waals surface area contributed by atoms with Gasteiger partial charge in [0.2, 0.25) is 0 Å². The summed E-state index contributed by atoms with van der Waals surface area (Å²) < 4.78 is 1.23. The molecule has 0 N–H and O–H groups in total. The van der Waals surface area contributed by atoms with Crippen molar-refractivity contribution in [1.29, 1.82) is 0 Å². The fourth-order valence-electron chi connectivity index (χ4n) is 3.26. The fraction of sp³-hybridized carbons (Fsp3) is 0.200. The van der Waals surface area contributed by atoms with E-state index in [1.807, 2.05) is 0 Å². The van der Waals surface area contributed by atoms with Crippen LogP contribution in [-0.4, -0.2) is 0 Å². The maximum Gasteiger partial charge on any atom is 0.0213 e. The third kappa shape index (κ3) is 2.51. The van der Waals surface area contributed by atoms with E-state index in [1.54, 1.807) is 0 Å². The lowest BCUT2D eigenvalue weighted by molar-refractivity contribution is 0.702. The van der Waals surface area contributed by atoms with Crippen molar-refractivity contribution in [2.24, 2.45) is 5.92 Å². The first-order valence-electron chi connectivity index (χ1n) is 7.56. The van der Waals surface area contributed by atoms with Crippen molar-refractivity contribution in [3.05, 3.63) is 82.3 Å². The van der Waals surface area contributed by atoms with Crippen LogP contribution in [0.4, 0.5) is 0 Å². The SMILES string of the molecule is Brc1ccccc1C(c1ccc2ccccc2c1)C1CC1. The first-order chi connectivity index (χ1) is 10.3.